The Bertz CT molecular complexity index is 793. The molecule has 0 spiro atoms. The minimum atomic E-state index is -4.12. The van der Waals surface area contributed by atoms with Crippen LogP contribution in [0, 0.1) is 5.82 Å². The van der Waals surface area contributed by atoms with Crippen molar-refractivity contribution in [3.8, 4) is 0 Å². The molecule has 0 saturated carbocycles. The van der Waals surface area contributed by atoms with Gasteiger partial charge in [0.05, 0.1) is 10.6 Å². The summed E-state index contributed by atoms with van der Waals surface area (Å²) in [6.45, 7) is -0.804. The first-order valence-electron chi connectivity index (χ1n) is 6.06. The van der Waals surface area contributed by atoms with Crippen molar-refractivity contribution < 1.29 is 22.7 Å². The topological polar surface area (TPSA) is 74.7 Å². The number of hydrogen-bond acceptors (Lipinski definition) is 3. The summed E-state index contributed by atoms with van der Waals surface area (Å²) in [6.07, 6.45) is 0. The van der Waals surface area contributed by atoms with Crippen molar-refractivity contribution in [2.45, 2.75) is 4.90 Å². The number of rotatable bonds is 5. The predicted molar refractivity (Wildman–Crippen MR) is 82.7 cm³/mol. The highest BCUT2D eigenvalue weighted by atomic mass is 79.9. The van der Waals surface area contributed by atoms with E-state index in [1.54, 1.807) is 0 Å². The highest BCUT2D eigenvalue weighted by molar-refractivity contribution is 9.10. The summed E-state index contributed by atoms with van der Waals surface area (Å²) in [7, 11) is -4.12. The van der Waals surface area contributed by atoms with Crippen LogP contribution in [-0.2, 0) is 14.8 Å². The molecule has 5 nitrogen and oxygen atoms in total. The summed E-state index contributed by atoms with van der Waals surface area (Å²) in [5.74, 6) is -2.00. The van der Waals surface area contributed by atoms with E-state index in [1.807, 2.05) is 0 Å². The molecule has 0 radical (unpaired) electrons. The van der Waals surface area contributed by atoms with Crippen molar-refractivity contribution >= 4 is 37.6 Å². The van der Waals surface area contributed by atoms with Gasteiger partial charge < -0.3 is 5.11 Å². The first-order valence-corrected chi connectivity index (χ1v) is 8.29. The number of halogens is 2. The van der Waals surface area contributed by atoms with Gasteiger partial charge in [-0.3, -0.25) is 9.10 Å². The van der Waals surface area contributed by atoms with Gasteiger partial charge in [0.25, 0.3) is 10.0 Å². The number of aliphatic carboxylic acids is 1. The van der Waals surface area contributed by atoms with Gasteiger partial charge in [-0.25, -0.2) is 12.8 Å². The van der Waals surface area contributed by atoms with Gasteiger partial charge in [0.15, 0.2) is 0 Å². The van der Waals surface area contributed by atoms with Gasteiger partial charge in [0.2, 0.25) is 0 Å². The average Bonchev–Trinajstić information content (AvgIpc) is 2.45. The molecule has 8 heteroatoms. The third kappa shape index (κ3) is 3.63. The molecule has 0 fully saturated rings. The predicted octanol–water partition coefficient (Wildman–Crippen LogP) is 2.87. The second-order valence-electron chi connectivity index (χ2n) is 4.34. The first-order chi connectivity index (χ1) is 10.3. The van der Waals surface area contributed by atoms with Crippen LogP contribution < -0.4 is 4.31 Å². The van der Waals surface area contributed by atoms with E-state index < -0.39 is 28.4 Å². The van der Waals surface area contributed by atoms with Gasteiger partial charge in [-0.15, -0.1) is 0 Å². The van der Waals surface area contributed by atoms with Crippen molar-refractivity contribution in [1.29, 1.82) is 0 Å². The second-order valence-corrected chi connectivity index (χ2v) is 7.12. The van der Waals surface area contributed by atoms with Gasteiger partial charge in [0, 0.05) is 4.47 Å². The number of sulfonamides is 1. The fourth-order valence-electron chi connectivity index (χ4n) is 1.80. The fourth-order valence-corrected chi connectivity index (χ4v) is 3.47. The standard InChI is InChI=1S/C14H11BrFNO4S/c15-10-4-6-13(7-5-10)22(20,21)17(9-14(18)19)12-3-1-2-11(16)8-12/h1-8H,9H2,(H,18,19). The number of carboxylic acids is 1. The third-order valence-corrected chi connectivity index (χ3v) is 5.09. The van der Waals surface area contributed by atoms with Crippen molar-refractivity contribution in [3.63, 3.8) is 0 Å². The maximum absolute atomic E-state index is 13.3. The van der Waals surface area contributed by atoms with Crippen LogP contribution >= 0.6 is 15.9 Å². The smallest absolute Gasteiger partial charge is 0.324 e. The normalized spacial score (nSPS) is 11.2. The van der Waals surface area contributed by atoms with E-state index in [0.29, 0.717) is 8.78 Å². The molecule has 2 aromatic rings. The third-order valence-electron chi connectivity index (χ3n) is 2.78. The van der Waals surface area contributed by atoms with Crippen LogP contribution in [0.25, 0.3) is 0 Å². The van der Waals surface area contributed by atoms with Crippen LogP contribution in [0.5, 0.6) is 0 Å². The molecule has 2 aromatic carbocycles. The molecular weight excluding hydrogens is 377 g/mol. The van der Waals surface area contributed by atoms with Crippen LogP contribution in [0.1, 0.15) is 0 Å². The number of anilines is 1. The van der Waals surface area contributed by atoms with Crippen molar-refractivity contribution in [1.82, 2.24) is 0 Å². The Hall–Kier alpha value is -1.93. The Morgan fingerprint density at radius 3 is 2.36 bits per heavy atom. The first kappa shape index (κ1) is 16.4. The van der Waals surface area contributed by atoms with E-state index in [4.69, 9.17) is 5.11 Å². The SMILES string of the molecule is O=C(O)CN(c1cccc(F)c1)S(=O)(=O)c1ccc(Br)cc1. The molecule has 0 unspecified atom stereocenters. The lowest BCUT2D eigenvalue weighted by molar-refractivity contribution is -0.135. The number of carbonyl (C=O) groups is 1. The van der Waals surface area contributed by atoms with Crippen LogP contribution in [0.15, 0.2) is 57.9 Å². The van der Waals surface area contributed by atoms with Crippen molar-refractivity contribution in [3.05, 3.63) is 58.8 Å². The van der Waals surface area contributed by atoms with Crippen molar-refractivity contribution in [2.24, 2.45) is 0 Å². The molecule has 0 aliphatic heterocycles. The van der Waals surface area contributed by atoms with Gasteiger partial charge >= 0.3 is 5.97 Å². The van der Waals surface area contributed by atoms with E-state index in [1.165, 1.54) is 36.4 Å². The Morgan fingerprint density at radius 1 is 1.18 bits per heavy atom. The molecule has 0 bridgehead atoms. The molecule has 0 saturated heterocycles. The van der Waals surface area contributed by atoms with E-state index in [-0.39, 0.29) is 10.6 Å². The molecule has 0 aromatic heterocycles. The molecule has 0 atom stereocenters. The molecule has 116 valence electrons. The molecule has 2 rings (SSSR count). The highest BCUT2D eigenvalue weighted by Gasteiger charge is 2.27. The van der Waals surface area contributed by atoms with Crippen LogP contribution in [0.4, 0.5) is 10.1 Å². The summed E-state index contributed by atoms with van der Waals surface area (Å²) in [5, 5.41) is 8.96. The zero-order valence-electron chi connectivity index (χ0n) is 11.1. The molecule has 0 aliphatic carbocycles. The van der Waals surface area contributed by atoms with Gasteiger partial charge in [-0.1, -0.05) is 22.0 Å². The molecule has 1 N–H and O–H groups in total. The van der Waals surface area contributed by atoms with Gasteiger partial charge in [0.1, 0.15) is 12.4 Å². The average molecular weight is 388 g/mol. The number of benzene rings is 2. The molecule has 22 heavy (non-hydrogen) atoms. The van der Waals surface area contributed by atoms with Gasteiger partial charge in [-0.05, 0) is 42.5 Å². The summed E-state index contributed by atoms with van der Waals surface area (Å²) < 4.78 is 39.9. The Balaban J connectivity index is 2.53. The molecular formula is C14H11BrFNO4S. The quantitative estimate of drug-likeness (QED) is 0.855. The number of nitrogens with zero attached hydrogens (tertiary/aromatic N) is 1. The minimum Gasteiger partial charge on any atom is -0.480 e. The lowest BCUT2D eigenvalue weighted by atomic mass is 10.3. The maximum atomic E-state index is 13.3. The van der Waals surface area contributed by atoms with E-state index >= 15 is 0 Å². The second kappa shape index (κ2) is 6.45. The summed E-state index contributed by atoms with van der Waals surface area (Å²) in [4.78, 5) is 10.9. The van der Waals surface area contributed by atoms with Crippen molar-refractivity contribution in [2.75, 3.05) is 10.8 Å². The van der Waals surface area contributed by atoms with Gasteiger partial charge in [-0.2, -0.15) is 0 Å². The number of carboxylic acid groups (broad SMARTS) is 1. The van der Waals surface area contributed by atoms with Crippen LogP contribution in [0.3, 0.4) is 0 Å². The monoisotopic (exact) mass is 387 g/mol. The zero-order chi connectivity index (χ0) is 16.3. The fraction of sp³-hybridized carbons (Fsp3) is 0.0714. The molecule has 0 heterocycles. The van der Waals surface area contributed by atoms with E-state index in [9.17, 15) is 17.6 Å². The van der Waals surface area contributed by atoms with E-state index in [0.717, 1.165) is 12.1 Å². The van der Waals surface area contributed by atoms with E-state index in [2.05, 4.69) is 15.9 Å². The maximum Gasteiger partial charge on any atom is 0.324 e. The highest BCUT2D eigenvalue weighted by Crippen LogP contribution is 2.25. The largest absolute Gasteiger partial charge is 0.480 e. The Morgan fingerprint density at radius 2 is 1.82 bits per heavy atom. The Kier molecular flexibility index (Phi) is 4.82. The van der Waals surface area contributed by atoms with Crippen LogP contribution in [-0.4, -0.2) is 26.0 Å². The summed E-state index contributed by atoms with van der Waals surface area (Å²) in [5.41, 5.74) is -0.0506. The lowest BCUT2D eigenvalue weighted by Crippen LogP contribution is -2.35. The number of hydrogen-bond donors (Lipinski definition) is 1. The summed E-state index contributed by atoms with van der Waals surface area (Å²) in [6, 6.07) is 10.5. The zero-order valence-corrected chi connectivity index (χ0v) is 13.5. The Labute approximate surface area is 135 Å². The molecule has 0 amide bonds. The summed E-state index contributed by atoms with van der Waals surface area (Å²) >= 11 is 3.19. The molecule has 0 aliphatic rings. The lowest BCUT2D eigenvalue weighted by Gasteiger charge is -2.22. The minimum absolute atomic E-state index is 0.0506. The van der Waals surface area contributed by atoms with Crippen LogP contribution in [0.2, 0.25) is 0 Å².